The lowest BCUT2D eigenvalue weighted by atomic mass is 10.4. The van der Waals surface area contributed by atoms with E-state index in [-0.39, 0.29) is 0 Å². The monoisotopic (exact) mass is 243 g/mol. The fourth-order valence-electron chi connectivity index (χ4n) is 1.94. The molecule has 3 heterocycles. The second kappa shape index (κ2) is 4.19. The van der Waals surface area contributed by atoms with Crippen LogP contribution in [0.1, 0.15) is 11.5 Å². The van der Waals surface area contributed by atoms with Crippen LogP contribution in [-0.2, 0) is 6.42 Å². The summed E-state index contributed by atoms with van der Waals surface area (Å²) >= 11 is 0. The van der Waals surface area contributed by atoms with Gasteiger partial charge >= 0.3 is 0 Å². The maximum atomic E-state index is 5.59. The Morgan fingerprint density at radius 2 is 2.22 bits per heavy atom. The summed E-state index contributed by atoms with van der Waals surface area (Å²) in [6, 6.07) is 1.95. The van der Waals surface area contributed by atoms with E-state index in [1.165, 1.54) is 6.33 Å². The molecule has 0 saturated heterocycles. The standard InChI is InChI=1S/C11H13N7/c1-8-6-10(18-11(16-8)14-7-15-18)17-5-4-13-9(17)2-3-12/h4-7H,2-3,12H2,1H3. The molecule has 0 aliphatic rings. The van der Waals surface area contributed by atoms with Crippen LogP contribution in [-0.4, -0.2) is 35.7 Å². The topological polar surface area (TPSA) is 86.9 Å². The SMILES string of the molecule is Cc1cc(-n2ccnc2CCN)n2ncnc2n1. The van der Waals surface area contributed by atoms with E-state index in [1.54, 1.807) is 10.7 Å². The van der Waals surface area contributed by atoms with Gasteiger partial charge in [-0.3, -0.25) is 4.57 Å². The minimum Gasteiger partial charge on any atom is -0.330 e. The summed E-state index contributed by atoms with van der Waals surface area (Å²) in [7, 11) is 0. The summed E-state index contributed by atoms with van der Waals surface area (Å²) in [5.74, 6) is 2.35. The molecule has 92 valence electrons. The van der Waals surface area contributed by atoms with E-state index in [4.69, 9.17) is 5.73 Å². The van der Waals surface area contributed by atoms with Crippen LogP contribution in [0.3, 0.4) is 0 Å². The van der Waals surface area contributed by atoms with Crippen molar-refractivity contribution in [1.82, 2.24) is 29.1 Å². The Labute approximate surface area is 103 Å². The Morgan fingerprint density at radius 3 is 3.06 bits per heavy atom. The number of nitrogens with two attached hydrogens (primary N) is 1. The van der Waals surface area contributed by atoms with Crippen LogP contribution in [0, 0.1) is 6.92 Å². The summed E-state index contributed by atoms with van der Waals surface area (Å²) in [5.41, 5.74) is 6.48. The van der Waals surface area contributed by atoms with Crippen molar-refractivity contribution in [3.05, 3.63) is 36.3 Å². The van der Waals surface area contributed by atoms with Crippen LogP contribution >= 0.6 is 0 Å². The molecule has 0 fully saturated rings. The largest absolute Gasteiger partial charge is 0.330 e. The number of rotatable bonds is 3. The molecule has 7 nitrogen and oxygen atoms in total. The van der Waals surface area contributed by atoms with Crippen molar-refractivity contribution in [3.63, 3.8) is 0 Å². The Morgan fingerprint density at radius 1 is 1.33 bits per heavy atom. The lowest BCUT2D eigenvalue weighted by molar-refractivity contribution is 0.782. The molecular weight excluding hydrogens is 230 g/mol. The van der Waals surface area contributed by atoms with Gasteiger partial charge in [0.2, 0.25) is 0 Å². The van der Waals surface area contributed by atoms with Gasteiger partial charge in [-0.1, -0.05) is 0 Å². The molecule has 0 amide bonds. The number of fused-ring (bicyclic) bond motifs is 1. The van der Waals surface area contributed by atoms with Gasteiger partial charge < -0.3 is 5.73 Å². The molecule has 0 aromatic carbocycles. The molecule has 18 heavy (non-hydrogen) atoms. The third-order valence-corrected chi connectivity index (χ3v) is 2.69. The fourth-order valence-corrected chi connectivity index (χ4v) is 1.94. The number of hydrogen-bond acceptors (Lipinski definition) is 5. The van der Waals surface area contributed by atoms with Gasteiger partial charge in [0.1, 0.15) is 18.0 Å². The van der Waals surface area contributed by atoms with Gasteiger partial charge in [0, 0.05) is 30.6 Å². The summed E-state index contributed by atoms with van der Waals surface area (Å²) in [5, 5.41) is 4.18. The van der Waals surface area contributed by atoms with E-state index >= 15 is 0 Å². The van der Waals surface area contributed by atoms with E-state index in [0.717, 1.165) is 17.3 Å². The molecule has 0 aliphatic carbocycles. The van der Waals surface area contributed by atoms with E-state index in [2.05, 4.69) is 20.1 Å². The molecule has 0 unspecified atom stereocenters. The van der Waals surface area contributed by atoms with Crippen molar-refractivity contribution in [3.8, 4) is 5.82 Å². The van der Waals surface area contributed by atoms with E-state index in [9.17, 15) is 0 Å². The van der Waals surface area contributed by atoms with Crippen molar-refractivity contribution in [2.45, 2.75) is 13.3 Å². The van der Waals surface area contributed by atoms with Gasteiger partial charge in [0.15, 0.2) is 0 Å². The zero-order valence-corrected chi connectivity index (χ0v) is 9.98. The first-order valence-corrected chi connectivity index (χ1v) is 5.69. The molecule has 0 spiro atoms. The summed E-state index contributed by atoms with van der Waals surface area (Å²) in [4.78, 5) is 12.7. The zero-order valence-electron chi connectivity index (χ0n) is 9.98. The normalized spacial score (nSPS) is 11.2. The molecule has 0 radical (unpaired) electrons. The summed E-state index contributed by atoms with van der Waals surface area (Å²) < 4.78 is 3.65. The molecule has 3 aromatic rings. The van der Waals surface area contributed by atoms with Crippen molar-refractivity contribution >= 4 is 5.78 Å². The molecule has 2 N–H and O–H groups in total. The maximum Gasteiger partial charge on any atom is 0.254 e. The first kappa shape index (κ1) is 10.8. The maximum absolute atomic E-state index is 5.59. The van der Waals surface area contributed by atoms with Crippen LogP contribution in [0.4, 0.5) is 0 Å². The van der Waals surface area contributed by atoms with Crippen LogP contribution in [0.15, 0.2) is 24.8 Å². The second-order valence-corrected chi connectivity index (χ2v) is 3.98. The van der Waals surface area contributed by atoms with Gasteiger partial charge in [0.25, 0.3) is 5.78 Å². The highest BCUT2D eigenvalue weighted by atomic mass is 15.4. The summed E-state index contributed by atoms with van der Waals surface area (Å²) in [6.45, 7) is 2.49. The summed E-state index contributed by atoms with van der Waals surface area (Å²) in [6.07, 6.45) is 5.85. The number of aromatic nitrogens is 6. The first-order valence-electron chi connectivity index (χ1n) is 5.69. The Balaban J connectivity index is 2.24. The quantitative estimate of drug-likeness (QED) is 0.706. The van der Waals surface area contributed by atoms with E-state index in [0.29, 0.717) is 18.7 Å². The molecule has 7 heteroatoms. The van der Waals surface area contributed by atoms with Crippen LogP contribution in [0.5, 0.6) is 0 Å². The number of hydrogen-bond donors (Lipinski definition) is 1. The molecule has 3 aromatic heterocycles. The fraction of sp³-hybridized carbons (Fsp3) is 0.273. The highest BCUT2D eigenvalue weighted by Crippen LogP contribution is 2.12. The third kappa shape index (κ3) is 1.65. The van der Waals surface area contributed by atoms with E-state index < -0.39 is 0 Å². The number of aryl methyl sites for hydroxylation is 1. The lowest BCUT2D eigenvalue weighted by Gasteiger charge is -2.09. The molecule has 0 bridgehead atoms. The molecule has 0 saturated carbocycles. The van der Waals surface area contributed by atoms with Crippen molar-refractivity contribution in [2.75, 3.05) is 6.54 Å². The van der Waals surface area contributed by atoms with Crippen molar-refractivity contribution in [2.24, 2.45) is 5.73 Å². The van der Waals surface area contributed by atoms with Crippen molar-refractivity contribution < 1.29 is 0 Å². The highest BCUT2D eigenvalue weighted by Gasteiger charge is 2.10. The number of nitrogens with zero attached hydrogens (tertiary/aromatic N) is 6. The smallest absolute Gasteiger partial charge is 0.254 e. The van der Waals surface area contributed by atoms with Crippen LogP contribution in [0.2, 0.25) is 0 Å². The van der Waals surface area contributed by atoms with Gasteiger partial charge in [-0.05, 0) is 13.5 Å². The lowest BCUT2D eigenvalue weighted by Crippen LogP contribution is -2.12. The zero-order chi connectivity index (χ0) is 12.5. The predicted molar refractivity (Wildman–Crippen MR) is 65.4 cm³/mol. The third-order valence-electron chi connectivity index (χ3n) is 2.69. The van der Waals surface area contributed by atoms with Gasteiger partial charge in [-0.2, -0.15) is 14.6 Å². The highest BCUT2D eigenvalue weighted by molar-refractivity contribution is 5.38. The first-order chi connectivity index (χ1) is 8.79. The second-order valence-electron chi connectivity index (χ2n) is 3.98. The average molecular weight is 243 g/mol. The molecule has 0 aliphatic heterocycles. The average Bonchev–Trinajstić information content (AvgIpc) is 2.96. The molecule has 0 atom stereocenters. The minimum atomic E-state index is 0.557. The van der Waals surface area contributed by atoms with E-state index in [1.807, 2.05) is 23.8 Å². The molecular formula is C11H13N7. The molecule has 3 rings (SSSR count). The minimum absolute atomic E-state index is 0.557. The van der Waals surface area contributed by atoms with Gasteiger partial charge in [-0.25, -0.2) is 9.97 Å². The van der Waals surface area contributed by atoms with Gasteiger partial charge in [0.05, 0.1) is 0 Å². The van der Waals surface area contributed by atoms with Crippen LogP contribution in [0.25, 0.3) is 11.6 Å². The predicted octanol–water partition coefficient (Wildman–Crippen LogP) is 0.120. The number of imidazole rings is 1. The Hall–Kier alpha value is -2.28. The van der Waals surface area contributed by atoms with Crippen molar-refractivity contribution in [1.29, 1.82) is 0 Å². The van der Waals surface area contributed by atoms with Crippen LogP contribution < -0.4 is 5.73 Å². The Kier molecular flexibility index (Phi) is 2.52. The Bertz CT molecular complexity index is 682. The van der Waals surface area contributed by atoms with Gasteiger partial charge in [-0.15, -0.1) is 0 Å².